The van der Waals surface area contributed by atoms with Gasteiger partial charge < -0.3 is 10.0 Å². The molecule has 0 amide bonds. The molecule has 126 valence electrons. The van der Waals surface area contributed by atoms with Crippen LogP contribution in [0.25, 0.3) is 0 Å². The molecule has 0 heterocycles. The van der Waals surface area contributed by atoms with Crippen LogP contribution in [-0.4, -0.2) is 47.8 Å². The van der Waals surface area contributed by atoms with E-state index in [1.54, 1.807) is 36.4 Å². The smallest absolute Gasteiger partial charge is 0.194 e. The number of ketones is 2. The number of benzene rings is 2. The highest BCUT2D eigenvalue weighted by Gasteiger charge is 2.30. The van der Waals surface area contributed by atoms with Gasteiger partial charge in [0.25, 0.3) is 0 Å². The molecule has 0 saturated heterocycles. The molecule has 0 aliphatic rings. The van der Waals surface area contributed by atoms with Gasteiger partial charge in [0, 0.05) is 23.2 Å². The van der Waals surface area contributed by atoms with Crippen LogP contribution in [0.2, 0.25) is 0 Å². The molecule has 2 aromatic carbocycles. The Hall–Kier alpha value is -2.30. The van der Waals surface area contributed by atoms with Crippen molar-refractivity contribution in [1.29, 1.82) is 0 Å². The summed E-state index contributed by atoms with van der Waals surface area (Å²) in [5.41, 5.74) is 0.110. The Balaban J connectivity index is 2.14. The molecule has 4 heteroatoms. The van der Waals surface area contributed by atoms with E-state index in [0.29, 0.717) is 29.7 Å². The number of hydrogen-bond donors (Lipinski definition) is 1. The largest absolute Gasteiger partial charge is 0.382 e. The standard InChI is InChI=1S/C20H23NO3/c1-20(24,13-14-21(2)3)19(23)17-11-9-16(10-12-17)18(22)15-7-5-4-6-8-15/h4-12,24H,13-14H2,1-3H3. The van der Waals surface area contributed by atoms with Crippen LogP contribution in [-0.2, 0) is 0 Å². The second-order valence-corrected chi connectivity index (χ2v) is 6.43. The molecule has 1 unspecified atom stereocenters. The van der Waals surface area contributed by atoms with Gasteiger partial charge in [-0.15, -0.1) is 0 Å². The van der Waals surface area contributed by atoms with Crippen molar-refractivity contribution in [1.82, 2.24) is 4.90 Å². The molecule has 2 rings (SSSR count). The average Bonchev–Trinajstić information content (AvgIpc) is 2.59. The fourth-order valence-corrected chi connectivity index (χ4v) is 2.39. The third kappa shape index (κ3) is 4.37. The van der Waals surface area contributed by atoms with Gasteiger partial charge in [-0.25, -0.2) is 0 Å². The molecule has 4 nitrogen and oxygen atoms in total. The third-order valence-electron chi connectivity index (χ3n) is 3.98. The van der Waals surface area contributed by atoms with Crippen molar-refractivity contribution in [3.05, 3.63) is 71.3 Å². The van der Waals surface area contributed by atoms with Crippen LogP contribution in [0.5, 0.6) is 0 Å². The van der Waals surface area contributed by atoms with Crippen molar-refractivity contribution in [2.24, 2.45) is 0 Å². The molecule has 0 spiro atoms. The predicted molar refractivity (Wildman–Crippen MR) is 94.4 cm³/mol. The molecule has 1 N–H and O–H groups in total. The molecular weight excluding hydrogens is 302 g/mol. The van der Waals surface area contributed by atoms with E-state index in [0.717, 1.165) is 0 Å². The predicted octanol–water partition coefficient (Wildman–Crippen LogP) is 2.80. The number of aliphatic hydroxyl groups is 1. The Kier molecular flexibility index (Phi) is 5.65. The van der Waals surface area contributed by atoms with Crippen LogP contribution < -0.4 is 0 Å². The molecule has 0 fully saturated rings. The molecule has 0 aliphatic heterocycles. The van der Waals surface area contributed by atoms with Crippen LogP contribution in [0.1, 0.15) is 39.6 Å². The minimum absolute atomic E-state index is 0.0889. The number of hydrogen-bond acceptors (Lipinski definition) is 4. The number of Topliss-reactive ketones (excluding diaryl/α,β-unsaturated/α-hetero) is 1. The zero-order chi connectivity index (χ0) is 17.7. The topological polar surface area (TPSA) is 57.6 Å². The van der Waals surface area contributed by atoms with Crippen molar-refractivity contribution in [2.75, 3.05) is 20.6 Å². The maximum absolute atomic E-state index is 12.5. The summed E-state index contributed by atoms with van der Waals surface area (Å²) in [4.78, 5) is 26.8. The lowest BCUT2D eigenvalue weighted by atomic mass is 9.90. The molecule has 0 saturated carbocycles. The first-order valence-electron chi connectivity index (χ1n) is 7.93. The molecular formula is C20H23NO3. The Morgan fingerprint density at radius 3 is 1.96 bits per heavy atom. The van der Waals surface area contributed by atoms with Gasteiger partial charge in [0.05, 0.1) is 0 Å². The van der Waals surface area contributed by atoms with Crippen molar-refractivity contribution >= 4 is 11.6 Å². The first-order chi connectivity index (χ1) is 11.3. The molecule has 24 heavy (non-hydrogen) atoms. The fourth-order valence-electron chi connectivity index (χ4n) is 2.39. The third-order valence-corrected chi connectivity index (χ3v) is 3.98. The highest BCUT2D eigenvalue weighted by molar-refractivity contribution is 6.09. The van der Waals surface area contributed by atoms with Gasteiger partial charge in [0.15, 0.2) is 11.6 Å². The average molecular weight is 325 g/mol. The zero-order valence-electron chi connectivity index (χ0n) is 14.3. The quantitative estimate of drug-likeness (QED) is 0.795. The highest BCUT2D eigenvalue weighted by atomic mass is 16.3. The SMILES string of the molecule is CN(C)CCC(C)(O)C(=O)c1ccc(C(=O)c2ccccc2)cc1. The fraction of sp³-hybridized carbons (Fsp3) is 0.300. The maximum atomic E-state index is 12.5. The van der Waals surface area contributed by atoms with Crippen LogP contribution in [0.3, 0.4) is 0 Å². The first-order valence-corrected chi connectivity index (χ1v) is 7.93. The minimum Gasteiger partial charge on any atom is -0.382 e. The number of rotatable bonds is 7. The highest BCUT2D eigenvalue weighted by Crippen LogP contribution is 2.19. The normalized spacial score (nSPS) is 13.5. The second kappa shape index (κ2) is 7.51. The Morgan fingerprint density at radius 2 is 1.42 bits per heavy atom. The van der Waals surface area contributed by atoms with Gasteiger partial charge in [-0.2, -0.15) is 0 Å². The van der Waals surface area contributed by atoms with Crippen molar-refractivity contribution in [2.45, 2.75) is 18.9 Å². The molecule has 0 bridgehead atoms. The summed E-state index contributed by atoms with van der Waals surface area (Å²) in [6.45, 7) is 2.14. The summed E-state index contributed by atoms with van der Waals surface area (Å²) >= 11 is 0. The van der Waals surface area contributed by atoms with E-state index in [1.165, 1.54) is 6.92 Å². The number of carbonyl (C=O) groups is 2. The monoisotopic (exact) mass is 325 g/mol. The Labute approximate surface area is 142 Å². The minimum atomic E-state index is -1.42. The summed E-state index contributed by atoms with van der Waals surface area (Å²) in [5.74, 6) is -0.419. The van der Waals surface area contributed by atoms with E-state index in [4.69, 9.17) is 0 Å². The lowest BCUT2D eigenvalue weighted by Gasteiger charge is -2.23. The summed E-state index contributed by atoms with van der Waals surface area (Å²) in [5, 5.41) is 10.4. The zero-order valence-corrected chi connectivity index (χ0v) is 14.3. The van der Waals surface area contributed by atoms with E-state index in [1.807, 2.05) is 37.2 Å². The van der Waals surface area contributed by atoms with Crippen molar-refractivity contribution in [3.8, 4) is 0 Å². The lowest BCUT2D eigenvalue weighted by molar-refractivity contribution is 0.0336. The summed E-state index contributed by atoms with van der Waals surface area (Å²) in [6, 6.07) is 15.5. The number of carbonyl (C=O) groups excluding carboxylic acids is 2. The molecule has 0 radical (unpaired) electrons. The van der Waals surface area contributed by atoms with Gasteiger partial charge in [-0.1, -0.05) is 54.6 Å². The first kappa shape index (κ1) is 18.0. The summed E-state index contributed by atoms with van der Waals surface area (Å²) < 4.78 is 0. The van der Waals surface area contributed by atoms with E-state index in [2.05, 4.69) is 0 Å². The van der Waals surface area contributed by atoms with Crippen LogP contribution >= 0.6 is 0 Å². The van der Waals surface area contributed by atoms with Gasteiger partial charge >= 0.3 is 0 Å². The molecule has 0 aromatic heterocycles. The van der Waals surface area contributed by atoms with Gasteiger partial charge in [0.2, 0.25) is 0 Å². The van der Waals surface area contributed by atoms with Gasteiger partial charge in [-0.05, 0) is 27.4 Å². The van der Waals surface area contributed by atoms with E-state index in [9.17, 15) is 14.7 Å². The Morgan fingerprint density at radius 1 is 0.917 bits per heavy atom. The molecule has 2 aromatic rings. The van der Waals surface area contributed by atoms with Crippen LogP contribution in [0.4, 0.5) is 0 Å². The second-order valence-electron chi connectivity index (χ2n) is 6.43. The van der Waals surface area contributed by atoms with Crippen molar-refractivity contribution in [3.63, 3.8) is 0 Å². The molecule has 1 atom stereocenters. The lowest BCUT2D eigenvalue weighted by Crippen LogP contribution is -2.38. The summed E-state index contributed by atoms with van der Waals surface area (Å²) in [6.07, 6.45) is 0.351. The number of nitrogens with zero attached hydrogens (tertiary/aromatic N) is 1. The van der Waals surface area contributed by atoms with Crippen molar-refractivity contribution < 1.29 is 14.7 Å². The van der Waals surface area contributed by atoms with Crippen LogP contribution in [0.15, 0.2) is 54.6 Å². The van der Waals surface area contributed by atoms with Crippen LogP contribution in [0, 0.1) is 0 Å². The summed E-state index contributed by atoms with van der Waals surface area (Å²) in [7, 11) is 3.79. The maximum Gasteiger partial charge on any atom is 0.194 e. The van der Waals surface area contributed by atoms with E-state index >= 15 is 0 Å². The Bertz CT molecular complexity index is 703. The van der Waals surface area contributed by atoms with E-state index < -0.39 is 5.60 Å². The van der Waals surface area contributed by atoms with Gasteiger partial charge in [-0.3, -0.25) is 9.59 Å². The van der Waals surface area contributed by atoms with E-state index in [-0.39, 0.29) is 11.6 Å². The van der Waals surface area contributed by atoms with Gasteiger partial charge in [0.1, 0.15) is 5.60 Å². The molecule has 0 aliphatic carbocycles.